The quantitative estimate of drug-likeness (QED) is 0.892. The molecule has 1 heterocycles. The van der Waals surface area contributed by atoms with E-state index in [1.54, 1.807) is 42.5 Å². The highest BCUT2D eigenvalue weighted by atomic mass is 16.3. The zero-order valence-corrected chi connectivity index (χ0v) is 12.9. The molecule has 116 valence electrons. The number of benzene rings is 1. The van der Waals surface area contributed by atoms with Crippen molar-refractivity contribution in [3.63, 3.8) is 0 Å². The summed E-state index contributed by atoms with van der Waals surface area (Å²) in [7, 11) is 1.77. The van der Waals surface area contributed by atoms with Gasteiger partial charge >= 0.3 is 6.03 Å². The van der Waals surface area contributed by atoms with Crippen molar-refractivity contribution in [2.45, 2.75) is 19.4 Å². The Bertz CT molecular complexity index is 616. The number of urea groups is 1. The van der Waals surface area contributed by atoms with Crippen molar-refractivity contribution in [1.29, 1.82) is 0 Å². The zero-order chi connectivity index (χ0) is 15.9. The van der Waals surface area contributed by atoms with Crippen LogP contribution in [0.4, 0.5) is 4.79 Å². The number of hydrogen-bond acceptors (Lipinski definition) is 3. The van der Waals surface area contributed by atoms with Gasteiger partial charge in [0.15, 0.2) is 0 Å². The molecule has 5 nitrogen and oxygen atoms in total. The van der Waals surface area contributed by atoms with Crippen LogP contribution in [0.5, 0.6) is 5.75 Å². The van der Waals surface area contributed by atoms with Gasteiger partial charge in [0.1, 0.15) is 5.75 Å². The summed E-state index contributed by atoms with van der Waals surface area (Å²) in [6.45, 7) is 2.48. The van der Waals surface area contributed by atoms with Crippen LogP contribution in [0, 0.1) is 0 Å². The van der Waals surface area contributed by atoms with Gasteiger partial charge in [-0.1, -0.05) is 18.2 Å². The average Bonchev–Trinajstić information content (AvgIpc) is 2.54. The molecule has 0 saturated heterocycles. The summed E-state index contributed by atoms with van der Waals surface area (Å²) in [5.74, 6) is 0.242. The molecule has 0 saturated carbocycles. The van der Waals surface area contributed by atoms with Gasteiger partial charge < -0.3 is 15.3 Å². The fourth-order valence-electron chi connectivity index (χ4n) is 2.17. The van der Waals surface area contributed by atoms with E-state index in [1.165, 1.54) is 0 Å². The third-order valence-electron chi connectivity index (χ3n) is 3.67. The standard InChI is InChI=1S/C17H21N3O2/c1-13(15-6-4-9-18-12-15)20(2)17(22)19-10-8-14-5-3-7-16(21)11-14/h3-7,9,11-13,21H,8,10H2,1-2H3,(H,19,22). The number of rotatable bonds is 5. The molecule has 5 heteroatoms. The van der Waals surface area contributed by atoms with Gasteiger partial charge in [-0.2, -0.15) is 0 Å². The minimum atomic E-state index is -0.128. The van der Waals surface area contributed by atoms with E-state index < -0.39 is 0 Å². The first kappa shape index (κ1) is 15.8. The first-order valence-electron chi connectivity index (χ1n) is 7.26. The molecule has 0 fully saturated rings. The van der Waals surface area contributed by atoms with E-state index in [4.69, 9.17) is 0 Å². The van der Waals surface area contributed by atoms with Crippen molar-refractivity contribution in [1.82, 2.24) is 15.2 Å². The molecular formula is C17H21N3O2. The molecule has 2 aromatic rings. The molecule has 1 unspecified atom stereocenters. The summed E-state index contributed by atoms with van der Waals surface area (Å²) in [4.78, 5) is 17.9. The number of pyridine rings is 1. The third-order valence-corrected chi connectivity index (χ3v) is 3.67. The largest absolute Gasteiger partial charge is 0.508 e. The number of nitrogens with zero attached hydrogens (tertiary/aromatic N) is 2. The Morgan fingerprint density at radius 3 is 2.86 bits per heavy atom. The molecule has 2 rings (SSSR count). The molecule has 0 radical (unpaired) electrons. The van der Waals surface area contributed by atoms with Crippen molar-refractivity contribution in [2.24, 2.45) is 0 Å². The van der Waals surface area contributed by atoms with Gasteiger partial charge in [-0.05, 0) is 42.7 Å². The Balaban J connectivity index is 1.84. The highest BCUT2D eigenvalue weighted by molar-refractivity contribution is 5.74. The lowest BCUT2D eigenvalue weighted by atomic mass is 10.1. The second-order valence-corrected chi connectivity index (χ2v) is 5.23. The number of nitrogens with one attached hydrogen (secondary N) is 1. The first-order chi connectivity index (χ1) is 10.6. The molecule has 2 N–H and O–H groups in total. The Hall–Kier alpha value is -2.56. The smallest absolute Gasteiger partial charge is 0.317 e. The molecule has 22 heavy (non-hydrogen) atoms. The predicted molar refractivity (Wildman–Crippen MR) is 85.6 cm³/mol. The number of aromatic nitrogens is 1. The average molecular weight is 299 g/mol. The van der Waals surface area contributed by atoms with Crippen LogP contribution in [-0.4, -0.2) is 34.6 Å². The van der Waals surface area contributed by atoms with Crippen LogP contribution in [0.1, 0.15) is 24.1 Å². The second-order valence-electron chi connectivity index (χ2n) is 5.23. The minimum Gasteiger partial charge on any atom is -0.508 e. The lowest BCUT2D eigenvalue weighted by molar-refractivity contribution is 0.194. The van der Waals surface area contributed by atoms with Crippen LogP contribution in [0.3, 0.4) is 0 Å². The number of carbonyl (C=O) groups excluding carboxylic acids is 1. The zero-order valence-electron chi connectivity index (χ0n) is 12.9. The topological polar surface area (TPSA) is 65.5 Å². The minimum absolute atomic E-state index is 0.0468. The highest BCUT2D eigenvalue weighted by Gasteiger charge is 2.16. The molecule has 0 aliphatic carbocycles. The van der Waals surface area contributed by atoms with Gasteiger partial charge in [-0.15, -0.1) is 0 Å². The maximum absolute atomic E-state index is 12.2. The van der Waals surface area contributed by atoms with Gasteiger partial charge in [-0.25, -0.2) is 4.79 Å². The Morgan fingerprint density at radius 1 is 1.36 bits per heavy atom. The number of hydrogen-bond donors (Lipinski definition) is 2. The van der Waals surface area contributed by atoms with Gasteiger partial charge in [0, 0.05) is 26.0 Å². The highest BCUT2D eigenvalue weighted by Crippen LogP contribution is 2.17. The number of carbonyl (C=O) groups is 1. The Kier molecular flexibility index (Phi) is 5.36. The molecule has 0 aliphatic heterocycles. The first-order valence-corrected chi connectivity index (χ1v) is 7.26. The fourth-order valence-corrected chi connectivity index (χ4v) is 2.17. The Labute approximate surface area is 130 Å². The number of phenolic OH excluding ortho intramolecular Hbond substituents is 1. The van der Waals surface area contributed by atoms with E-state index in [-0.39, 0.29) is 17.8 Å². The molecule has 1 atom stereocenters. The van der Waals surface area contributed by atoms with Crippen molar-refractivity contribution in [3.05, 3.63) is 59.9 Å². The predicted octanol–water partition coefficient (Wildman–Crippen LogP) is 2.73. The van der Waals surface area contributed by atoms with Gasteiger partial charge in [0.25, 0.3) is 0 Å². The summed E-state index contributed by atoms with van der Waals surface area (Å²) in [6, 6.07) is 10.7. The lowest BCUT2D eigenvalue weighted by Gasteiger charge is -2.25. The van der Waals surface area contributed by atoms with Crippen LogP contribution < -0.4 is 5.32 Å². The number of amides is 2. The van der Waals surface area contributed by atoms with Crippen molar-refractivity contribution in [3.8, 4) is 5.75 Å². The van der Waals surface area contributed by atoms with Crippen LogP contribution in [-0.2, 0) is 6.42 Å². The van der Waals surface area contributed by atoms with Gasteiger partial charge in [0.05, 0.1) is 6.04 Å². The Morgan fingerprint density at radius 2 is 2.18 bits per heavy atom. The van der Waals surface area contributed by atoms with Gasteiger partial charge in [0.2, 0.25) is 0 Å². The van der Waals surface area contributed by atoms with E-state index in [0.717, 1.165) is 11.1 Å². The third kappa shape index (κ3) is 4.22. The van der Waals surface area contributed by atoms with Gasteiger partial charge in [-0.3, -0.25) is 4.98 Å². The summed E-state index contributed by atoms with van der Waals surface area (Å²) < 4.78 is 0. The molecule has 0 aliphatic rings. The van der Waals surface area contributed by atoms with Crippen LogP contribution in [0.15, 0.2) is 48.8 Å². The van der Waals surface area contributed by atoms with E-state index in [9.17, 15) is 9.90 Å². The molecule has 1 aromatic carbocycles. The summed E-state index contributed by atoms with van der Waals surface area (Å²) in [5, 5.41) is 12.3. The maximum Gasteiger partial charge on any atom is 0.317 e. The second kappa shape index (κ2) is 7.45. The van der Waals surface area contributed by atoms with Crippen molar-refractivity contribution >= 4 is 6.03 Å². The van der Waals surface area contributed by atoms with Crippen LogP contribution >= 0.6 is 0 Å². The van der Waals surface area contributed by atoms with E-state index in [2.05, 4.69) is 10.3 Å². The van der Waals surface area contributed by atoms with Crippen molar-refractivity contribution < 1.29 is 9.90 Å². The van der Waals surface area contributed by atoms with Crippen LogP contribution in [0.25, 0.3) is 0 Å². The van der Waals surface area contributed by atoms with E-state index in [0.29, 0.717) is 13.0 Å². The molecular weight excluding hydrogens is 278 g/mol. The van der Waals surface area contributed by atoms with Crippen molar-refractivity contribution in [2.75, 3.05) is 13.6 Å². The normalized spacial score (nSPS) is 11.7. The molecule has 0 bridgehead atoms. The van der Waals surface area contributed by atoms with E-state index in [1.807, 2.05) is 25.1 Å². The summed E-state index contributed by atoms with van der Waals surface area (Å²) in [5.41, 5.74) is 1.98. The monoisotopic (exact) mass is 299 g/mol. The molecule has 0 spiro atoms. The SMILES string of the molecule is CC(c1cccnc1)N(C)C(=O)NCCc1cccc(O)c1. The van der Waals surface area contributed by atoms with E-state index >= 15 is 0 Å². The number of phenols is 1. The fraction of sp³-hybridized carbons (Fsp3) is 0.294. The molecule has 1 aromatic heterocycles. The van der Waals surface area contributed by atoms with Crippen LogP contribution in [0.2, 0.25) is 0 Å². The lowest BCUT2D eigenvalue weighted by Crippen LogP contribution is -2.39. The maximum atomic E-state index is 12.2. The summed E-state index contributed by atoms with van der Waals surface area (Å²) in [6.07, 6.45) is 4.15. The summed E-state index contributed by atoms with van der Waals surface area (Å²) >= 11 is 0. The molecule has 2 amide bonds. The number of aromatic hydroxyl groups is 1.